The van der Waals surface area contributed by atoms with Crippen LogP contribution in [0.15, 0.2) is 24.3 Å². The molecule has 17 heavy (non-hydrogen) atoms. The van der Waals surface area contributed by atoms with Crippen LogP contribution in [0.5, 0.6) is 0 Å². The highest BCUT2D eigenvalue weighted by molar-refractivity contribution is 5.24. The highest BCUT2D eigenvalue weighted by Crippen LogP contribution is 2.19. The fraction of sp³-hybridized carbons (Fsp3) is 0.571. The molecule has 96 valence electrons. The van der Waals surface area contributed by atoms with E-state index in [2.05, 4.69) is 26.1 Å². The topological polar surface area (TPSA) is 12.0 Å². The third-order valence-electron chi connectivity index (χ3n) is 2.68. The zero-order valence-electron chi connectivity index (χ0n) is 10.7. The summed E-state index contributed by atoms with van der Waals surface area (Å²) in [6.07, 6.45) is -1.29. The minimum Gasteiger partial charge on any atom is -0.310 e. The van der Waals surface area contributed by atoms with Crippen molar-refractivity contribution in [2.24, 2.45) is 5.92 Å². The van der Waals surface area contributed by atoms with Gasteiger partial charge in [0.05, 0.1) is 0 Å². The van der Waals surface area contributed by atoms with Crippen LogP contribution in [0.3, 0.4) is 0 Å². The second kappa shape index (κ2) is 6.70. The Morgan fingerprint density at radius 1 is 1.18 bits per heavy atom. The van der Waals surface area contributed by atoms with E-state index in [0.717, 1.165) is 12.0 Å². The number of hydrogen-bond acceptors (Lipinski definition) is 1. The minimum absolute atomic E-state index is 0.0980. The molecule has 1 aromatic carbocycles. The fourth-order valence-corrected chi connectivity index (χ4v) is 1.92. The number of benzene rings is 1. The summed E-state index contributed by atoms with van der Waals surface area (Å²) >= 11 is 0. The molecule has 0 bridgehead atoms. The molecule has 0 fully saturated rings. The van der Waals surface area contributed by atoms with Gasteiger partial charge in [-0.25, -0.2) is 8.78 Å². The van der Waals surface area contributed by atoms with Crippen LogP contribution in [0.2, 0.25) is 0 Å². The number of halogens is 2. The van der Waals surface area contributed by atoms with Crippen LogP contribution in [0, 0.1) is 5.92 Å². The Morgan fingerprint density at radius 2 is 1.88 bits per heavy atom. The van der Waals surface area contributed by atoms with E-state index in [1.165, 1.54) is 6.07 Å². The van der Waals surface area contributed by atoms with Crippen molar-refractivity contribution in [2.75, 3.05) is 0 Å². The van der Waals surface area contributed by atoms with Gasteiger partial charge < -0.3 is 5.32 Å². The second-order valence-corrected chi connectivity index (χ2v) is 4.96. The van der Waals surface area contributed by atoms with Crippen LogP contribution in [0.1, 0.15) is 44.7 Å². The molecule has 0 saturated heterocycles. The molecular formula is C14H21F2N. The highest BCUT2D eigenvalue weighted by atomic mass is 19.3. The summed E-state index contributed by atoms with van der Waals surface area (Å²) in [5, 5.41) is 3.35. The molecule has 0 spiro atoms. The van der Waals surface area contributed by atoms with Gasteiger partial charge in [0.2, 0.25) is 0 Å². The van der Waals surface area contributed by atoms with E-state index >= 15 is 0 Å². The Morgan fingerprint density at radius 3 is 2.47 bits per heavy atom. The Hall–Kier alpha value is -0.960. The molecule has 0 saturated carbocycles. The first-order chi connectivity index (χ1) is 7.99. The number of rotatable bonds is 6. The van der Waals surface area contributed by atoms with Crippen molar-refractivity contribution in [1.29, 1.82) is 0 Å². The predicted molar refractivity (Wildman–Crippen MR) is 67.2 cm³/mol. The molecule has 0 heterocycles. The summed E-state index contributed by atoms with van der Waals surface area (Å²) in [4.78, 5) is 0. The molecule has 1 rings (SSSR count). The SMILES string of the molecule is CC(C)CC(C)NCc1cccc(C(F)F)c1. The molecule has 1 atom stereocenters. The van der Waals surface area contributed by atoms with Gasteiger partial charge in [-0.3, -0.25) is 0 Å². The lowest BCUT2D eigenvalue weighted by Gasteiger charge is -2.16. The normalized spacial score (nSPS) is 13.4. The van der Waals surface area contributed by atoms with Gasteiger partial charge in [-0.15, -0.1) is 0 Å². The molecule has 0 aliphatic rings. The summed E-state index contributed by atoms with van der Waals surface area (Å²) in [6.45, 7) is 7.12. The molecule has 0 amide bonds. The van der Waals surface area contributed by atoms with Gasteiger partial charge in [0.25, 0.3) is 6.43 Å². The van der Waals surface area contributed by atoms with Crippen LogP contribution in [-0.4, -0.2) is 6.04 Å². The molecular weight excluding hydrogens is 220 g/mol. The first-order valence-corrected chi connectivity index (χ1v) is 6.09. The molecule has 0 aliphatic carbocycles. The van der Waals surface area contributed by atoms with Crippen LogP contribution in [0.25, 0.3) is 0 Å². The lowest BCUT2D eigenvalue weighted by molar-refractivity contribution is 0.151. The quantitative estimate of drug-likeness (QED) is 0.789. The molecule has 0 aliphatic heterocycles. The van der Waals surface area contributed by atoms with Gasteiger partial charge >= 0.3 is 0 Å². The van der Waals surface area contributed by atoms with Crippen LogP contribution < -0.4 is 5.32 Å². The Labute approximate surface area is 102 Å². The zero-order chi connectivity index (χ0) is 12.8. The molecule has 3 heteroatoms. The van der Waals surface area contributed by atoms with Gasteiger partial charge in [0.15, 0.2) is 0 Å². The summed E-state index contributed by atoms with van der Waals surface area (Å²) < 4.78 is 25.0. The van der Waals surface area contributed by atoms with E-state index in [1.807, 2.05) is 6.07 Å². The van der Waals surface area contributed by atoms with Gasteiger partial charge in [-0.05, 0) is 30.9 Å². The maximum absolute atomic E-state index is 12.5. The standard InChI is InChI=1S/C14H21F2N/c1-10(2)7-11(3)17-9-12-5-4-6-13(8-12)14(15)16/h4-6,8,10-11,14,17H,7,9H2,1-3H3. The molecule has 0 radical (unpaired) electrons. The lowest BCUT2D eigenvalue weighted by Crippen LogP contribution is -2.26. The van der Waals surface area contributed by atoms with Crippen LogP contribution >= 0.6 is 0 Å². The molecule has 1 aromatic rings. The molecule has 0 aromatic heterocycles. The number of hydrogen-bond donors (Lipinski definition) is 1. The first-order valence-electron chi connectivity index (χ1n) is 6.09. The molecule has 1 nitrogen and oxygen atoms in total. The smallest absolute Gasteiger partial charge is 0.263 e. The van der Waals surface area contributed by atoms with Crippen molar-refractivity contribution in [3.8, 4) is 0 Å². The fourth-order valence-electron chi connectivity index (χ4n) is 1.92. The van der Waals surface area contributed by atoms with E-state index < -0.39 is 6.43 Å². The Kier molecular flexibility index (Phi) is 5.56. The largest absolute Gasteiger partial charge is 0.310 e. The van der Waals surface area contributed by atoms with Crippen molar-refractivity contribution in [1.82, 2.24) is 5.32 Å². The van der Waals surface area contributed by atoms with E-state index in [-0.39, 0.29) is 5.56 Å². The lowest BCUT2D eigenvalue weighted by atomic mass is 10.0. The molecule has 1 N–H and O–H groups in total. The minimum atomic E-state index is -2.39. The zero-order valence-corrected chi connectivity index (χ0v) is 10.7. The first kappa shape index (κ1) is 14.1. The summed E-state index contributed by atoms with van der Waals surface area (Å²) in [5.74, 6) is 0.643. The summed E-state index contributed by atoms with van der Waals surface area (Å²) in [7, 11) is 0. The van der Waals surface area contributed by atoms with Gasteiger partial charge in [-0.1, -0.05) is 32.0 Å². The van der Waals surface area contributed by atoms with E-state index in [0.29, 0.717) is 18.5 Å². The van der Waals surface area contributed by atoms with Gasteiger partial charge in [-0.2, -0.15) is 0 Å². The van der Waals surface area contributed by atoms with Crippen molar-refractivity contribution >= 4 is 0 Å². The van der Waals surface area contributed by atoms with E-state index in [1.54, 1.807) is 12.1 Å². The van der Waals surface area contributed by atoms with Crippen molar-refractivity contribution in [3.05, 3.63) is 35.4 Å². The van der Waals surface area contributed by atoms with E-state index in [4.69, 9.17) is 0 Å². The van der Waals surface area contributed by atoms with Gasteiger partial charge in [0, 0.05) is 18.2 Å². The number of alkyl halides is 2. The summed E-state index contributed by atoms with van der Waals surface area (Å²) in [6, 6.07) is 7.00. The Balaban J connectivity index is 2.49. The van der Waals surface area contributed by atoms with Crippen LogP contribution in [-0.2, 0) is 6.54 Å². The third-order valence-corrected chi connectivity index (χ3v) is 2.68. The van der Waals surface area contributed by atoms with Crippen molar-refractivity contribution in [3.63, 3.8) is 0 Å². The number of nitrogens with one attached hydrogen (secondary N) is 1. The average molecular weight is 241 g/mol. The maximum atomic E-state index is 12.5. The second-order valence-electron chi connectivity index (χ2n) is 4.96. The maximum Gasteiger partial charge on any atom is 0.263 e. The van der Waals surface area contributed by atoms with Gasteiger partial charge in [0.1, 0.15) is 0 Å². The molecule has 1 unspecified atom stereocenters. The monoisotopic (exact) mass is 241 g/mol. The van der Waals surface area contributed by atoms with E-state index in [9.17, 15) is 8.78 Å². The highest BCUT2D eigenvalue weighted by Gasteiger charge is 2.08. The van der Waals surface area contributed by atoms with Crippen LogP contribution in [0.4, 0.5) is 8.78 Å². The van der Waals surface area contributed by atoms with Crippen molar-refractivity contribution in [2.45, 2.75) is 46.2 Å². The predicted octanol–water partition coefficient (Wildman–Crippen LogP) is 4.15. The van der Waals surface area contributed by atoms with Crippen molar-refractivity contribution < 1.29 is 8.78 Å². The average Bonchev–Trinajstić information content (AvgIpc) is 2.26. The Bertz CT molecular complexity index is 337. The third kappa shape index (κ3) is 5.26. The summed E-state index contributed by atoms with van der Waals surface area (Å²) in [5.41, 5.74) is 1.01.